The highest BCUT2D eigenvalue weighted by molar-refractivity contribution is 9.10. The van der Waals surface area contributed by atoms with E-state index in [1.807, 2.05) is 24.3 Å². The SMILES string of the molecule is NCC(Cc1cc(Cl)ccc1Cl)c1ccc(Br)cc1. The maximum Gasteiger partial charge on any atom is 0.0439 e. The summed E-state index contributed by atoms with van der Waals surface area (Å²) in [6.07, 6.45) is 0.789. The fourth-order valence-corrected chi connectivity index (χ4v) is 2.69. The summed E-state index contributed by atoms with van der Waals surface area (Å²) in [6, 6.07) is 13.7. The highest BCUT2D eigenvalue weighted by atomic mass is 79.9. The van der Waals surface area contributed by atoms with E-state index in [9.17, 15) is 0 Å². The zero-order chi connectivity index (χ0) is 13.8. The molecule has 0 bridgehead atoms. The van der Waals surface area contributed by atoms with Gasteiger partial charge in [0.25, 0.3) is 0 Å². The van der Waals surface area contributed by atoms with E-state index in [1.165, 1.54) is 5.56 Å². The first-order chi connectivity index (χ1) is 9.10. The van der Waals surface area contributed by atoms with Crippen molar-refractivity contribution in [3.8, 4) is 0 Å². The van der Waals surface area contributed by atoms with Gasteiger partial charge in [0.1, 0.15) is 0 Å². The van der Waals surface area contributed by atoms with Crippen LogP contribution in [0.2, 0.25) is 10.0 Å². The van der Waals surface area contributed by atoms with Crippen molar-refractivity contribution in [1.29, 1.82) is 0 Å². The summed E-state index contributed by atoms with van der Waals surface area (Å²) in [4.78, 5) is 0. The van der Waals surface area contributed by atoms with Gasteiger partial charge in [-0.05, 0) is 54.4 Å². The maximum absolute atomic E-state index is 6.20. The van der Waals surface area contributed by atoms with Gasteiger partial charge in [-0.1, -0.05) is 51.3 Å². The van der Waals surface area contributed by atoms with Crippen molar-refractivity contribution in [3.63, 3.8) is 0 Å². The van der Waals surface area contributed by atoms with Gasteiger partial charge in [0.2, 0.25) is 0 Å². The summed E-state index contributed by atoms with van der Waals surface area (Å²) in [5.74, 6) is 0.240. The normalized spacial score (nSPS) is 12.4. The van der Waals surface area contributed by atoms with Crippen molar-refractivity contribution < 1.29 is 0 Å². The molecule has 2 N–H and O–H groups in total. The molecule has 0 amide bonds. The van der Waals surface area contributed by atoms with Crippen LogP contribution in [0.4, 0.5) is 0 Å². The fraction of sp³-hybridized carbons (Fsp3) is 0.200. The monoisotopic (exact) mass is 357 g/mol. The van der Waals surface area contributed by atoms with Crippen LogP contribution in [-0.2, 0) is 6.42 Å². The van der Waals surface area contributed by atoms with Crippen LogP contribution in [0.25, 0.3) is 0 Å². The van der Waals surface area contributed by atoms with Gasteiger partial charge in [-0.15, -0.1) is 0 Å². The minimum absolute atomic E-state index is 0.240. The molecule has 0 heterocycles. The van der Waals surface area contributed by atoms with Crippen LogP contribution in [-0.4, -0.2) is 6.54 Å². The lowest BCUT2D eigenvalue weighted by atomic mass is 9.92. The molecule has 0 aliphatic carbocycles. The topological polar surface area (TPSA) is 26.0 Å². The Hall–Kier alpha value is -0.540. The molecule has 4 heteroatoms. The predicted octanol–water partition coefficient (Wildman–Crippen LogP) is 5.04. The highest BCUT2D eigenvalue weighted by Gasteiger charge is 2.13. The van der Waals surface area contributed by atoms with Crippen molar-refractivity contribution in [2.24, 2.45) is 5.73 Å². The zero-order valence-corrected chi connectivity index (χ0v) is 13.3. The highest BCUT2D eigenvalue weighted by Crippen LogP contribution is 2.27. The molecule has 1 nitrogen and oxygen atoms in total. The van der Waals surface area contributed by atoms with Crippen molar-refractivity contribution in [2.75, 3.05) is 6.54 Å². The van der Waals surface area contributed by atoms with Gasteiger partial charge in [-0.2, -0.15) is 0 Å². The Morgan fingerprint density at radius 2 is 1.74 bits per heavy atom. The summed E-state index contributed by atoms with van der Waals surface area (Å²) < 4.78 is 1.06. The van der Waals surface area contributed by atoms with E-state index in [0.717, 1.165) is 21.5 Å². The molecule has 0 fully saturated rings. The molecular weight excluding hydrogens is 345 g/mol. The molecule has 0 aliphatic heterocycles. The van der Waals surface area contributed by atoms with E-state index in [1.54, 1.807) is 6.07 Å². The third-order valence-corrected chi connectivity index (χ3v) is 4.23. The largest absolute Gasteiger partial charge is 0.330 e. The maximum atomic E-state index is 6.20. The van der Waals surface area contributed by atoms with Crippen LogP contribution in [0.5, 0.6) is 0 Å². The second kappa shape index (κ2) is 6.76. The van der Waals surface area contributed by atoms with Crippen LogP contribution in [0.15, 0.2) is 46.9 Å². The average molecular weight is 359 g/mol. The summed E-state index contributed by atoms with van der Waals surface area (Å²) in [7, 11) is 0. The third-order valence-electron chi connectivity index (χ3n) is 3.10. The Labute approximate surface area is 131 Å². The molecule has 2 rings (SSSR count). The minimum Gasteiger partial charge on any atom is -0.330 e. The molecule has 2 aromatic carbocycles. The van der Waals surface area contributed by atoms with Gasteiger partial charge >= 0.3 is 0 Å². The summed E-state index contributed by atoms with van der Waals surface area (Å²) in [6.45, 7) is 0.574. The molecule has 0 radical (unpaired) electrons. The zero-order valence-electron chi connectivity index (χ0n) is 10.2. The van der Waals surface area contributed by atoms with Gasteiger partial charge in [0.05, 0.1) is 0 Å². The molecule has 1 atom stereocenters. The minimum atomic E-state index is 0.240. The van der Waals surface area contributed by atoms with E-state index in [-0.39, 0.29) is 5.92 Å². The number of rotatable bonds is 4. The Morgan fingerprint density at radius 3 is 2.37 bits per heavy atom. The van der Waals surface area contributed by atoms with Gasteiger partial charge < -0.3 is 5.73 Å². The summed E-state index contributed by atoms with van der Waals surface area (Å²) in [5, 5.41) is 1.44. The average Bonchev–Trinajstić information content (AvgIpc) is 2.41. The van der Waals surface area contributed by atoms with E-state index in [0.29, 0.717) is 11.6 Å². The molecule has 2 aromatic rings. The molecule has 0 aliphatic rings. The van der Waals surface area contributed by atoms with Gasteiger partial charge in [0, 0.05) is 20.4 Å². The Kier molecular flexibility index (Phi) is 5.28. The first-order valence-electron chi connectivity index (χ1n) is 5.99. The van der Waals surface area contributed by atoms with Crippen molar-refractivity contribution >= 4 is 39.1 Å². The lowest BCUT2D eigenvalue weighted by Gasteiger charge is -2.16. The number of halogens is 3. The number of nitrogens with two attached hydrogens (primary N) is 1. The van der Waals surface area contributed by atoms with Crippen molar-refractivity contribution in [1.82, 2.24) is 0 Å². The molecule has 1 unspecified atom stereocenters. The fourth-order valence-electron chi connectivity index (χ4n) is 2.04. The van der Waals surface area contributed by atoms with Crippen LogP contribution in [0.3, 0.4) is 0 Å². The van der Waals surface area contributed by atoms with Crippen LogP contribution < -0.4 is 5.73 Å². The van der Waals surface area contributed by atoms with Crippen molar-refractivity contribution in [3.05, 3.63) is 68.1 Å². The predicted molar refractivity (Wildman–Crippen MR) is 86.1 cm³/mol. The van der Waals surface area contributed by atoms with Crippen molar-refractivity contribution in [2.45, 2.75) is 12.3 Å². The number of hydrogen-bond acceptors (Lipinski definition) is 1. The molecule has 0 saturated heterocycles. The first-order valence-corrected chi connectivity index (χ1v) is 7.54. The molecule has 100 valence electrons. The Balaban J connectivity index is 2.23. The summed E-state index contributed by atoms with van der Waals surface area (Å²) in [5.41, 5.74) is 8.14. The molecule has 19 heavy (non-hydrogen) atoms. The number of hydrogen-bond donors (Lipinski definition) is 1. The smallest absolute Gasteiger partial charge is 0.0439 e. The number of benzene rings is 2. The molecule has 0 saturated carbocycles. The third kappa shape index (κ3) is 3.96. The first kappa shape index (κ1) is 14.9. The van der Waals surface area contributed by atoms with E-state index < -0.39 is 0 Å². The molecular formula is C15H14BrCl2N. The lowest BCUT2D eigenvalue weighted by molar-refractivity contribution is 0.694. The standard InChI is InChI=1S/C15H14BrCl2N/c16-13-3-1-10(2-4-13)12(9-19)7-11-8-14(17)5-6-15(11)18/h1-6,8,12H,7,9,19H2. The van der Waals surface area contributed by atoms with E-state index in [2.05, 4.69) is 28.1 Å². The Bertz CT molecular complexity index is 555. The quantitative estimate of drug-likeness (QED) is 0.813. The van der Waals surface area contributed by atoms with Crippen LogP contribution >= 0.6 is 39.1 Å². The van der Waals surface area contributed by atoms with Crippen LogP contribution in [0.1, 0.15) is 17.0 Å². The van der Waals surface area contributed by atoms with E-state index >= 15 is 0 Å². The second-order valence-corrected chi connectivity index (χ2v) is 6.18. The second-order valence-electron chi connectivity index (χ2n) is 4.42. The van der Waals surface area contributed by atoms with Gasteiger partial charge in [0.15, 0.2) is 0 Å². The molecule has 0 spiro atoms. The van der Waals surface area contributed by atoms with Gasteiger partial charge in [-0.25, -0.2) is 0 Å². The van der Waals surface area contributed by atoms with Crippen LogP contribution in [0, 0.1) is 0 Å². The Morgan fingerprint density at radius 1 is 1.05 bits per heavy atom. The van der Waals surface area contributed by atoms with E-state index in [4.69, 9.17) is 28.9 Å². The summed E-state index contributed by atoms with van der Waals surface area (Å²) >= 11 is 15.7. The lowest BCUT2D eigenvalue weighted by Crippen LogP contribution is -2.15. The molecule has 0 aromatic heterocycles. The van der Waals surface area contributed by atoms with Gasteiger partial charge in [-0.3, -0.25) is 0 Å².